The van der Waals surface area contributed by atoms with Gasteiger partial charge in [0.2, 0.25) is 11.8 Å². The summed E-state index contributed by atoms with van der Waals surface area (Å²) in [4.78, 5) is 27.2. The second kappa shape index (κ2) is 3.83. The number of nitrogen functional groups attached to an aromatic ring is 1. The molecule has 18 heavy (non-hydrogen) atoms. The molecule has 1 aliphatic rings. The molecule has 1 fully saturated rings. The molecule has 0 saturated carbocycles. The number of nitrogens with one attached hydrogen (secondary N) is 1. The number of aromatic nitrogens is 2. The summed E-state index contributed by atoms with van der Waals surface area (Å²) in [5.41, 5.74) is 7.80. The van der Waals surface area contributed by atoms with E-state index in [1.54, 1.807) is 24.5 Å². The number of hydrogen-bond donors (Lipinski definition) is 2. The number of nitrogens with zero attached hydrogens (tertiary/aromatic N) is 2. The third-order valence-electron chi connectivity index (χ3n) is 3.16. The minimum absolute atomic E-state index is 0.214. The van der Waals surface area contributed by atoms with Gasteiger partial charge < -0.3 is 10.1 Å². The fourth-order valence-electron chi connectivity index (χ4n) is 2.25. The van der Waals surface area contributed by atoms with Gasteiger partial charge in [-0.05, 0) is 12.5 Å². The van der Waals surface area contributed by atoms with Crippen molar-refractivity contribution in [2.45, 2.75) is 18.8 Å². The predicted molar refractivity (Wildman–Crippen MR) is 64.7 cm³/mol. The highest BCUT2D eigenvalue weighted by molar-refractivity contribution is 6.00. The van der Waals surface area contributed by atoms with E-state index in [0.717, 1.165) is 5.69 Å². The smallest absolute Gasteiger partial charge is 0.235 e. The third-order valence-corrected chi connectivity index (χ3v) is 3.16. The average molecular weight is 244 g/mol. The first kappa shape index (κ1) is 10.8. The van der Waals surface area contributed by atoms with E-state index >= 15 is 0 Å². The Balaban J connectivity index is 2.04. The number of fused-ring (bicyclic) bond motifs is 1. The zero-order valence-corrected chi connectivity index (χ0v) is 9.59. The van der Waals surface area contributed by atoms with Crippen LogP contribution in [0.15, 0.2) is 24.5 Å². The number of imide groups is 1. The van der Waals surface area contributed by atoms with Gasteiger partial charge in [-0.15, -0.1) is 0 Å². The summed E-state index contributed by atoms with van der Waals surface area (Å²) < 4.78 is 1.83. The van der Waals surface area contributed by atoms with E-state index in [2.05, 4.69) is 10.3 Å². The fourth-order valence-corrected chi connectivity index (χ4v) is 2.25. The lowest BCUT2D eigenvalue weighted by atomic mass is 9.95. The van der Waals surface area contributed by atoms with E-state index in [9.17, 15) is 9.59 Å². The van der Waals surface area contributed by atoms with Gasteiger partial charge in [-0.3, -0.25) is 14.9 Å². The number of carbonyl (C=O) groups excluding carboxylic acids is 2. The van der Waals surface area contributed by atoms with Crippen LogP contribution >= 0.6 is 0 Å². The minimum Gasteiger partial charge on any atom is -0.399 e. The lowest BCUT2D eigenvalue weighted by Crippen LogP contribution is -2.39. The molecular weight excluding hydrogens is 232 g/mol. The summed E-state index contributed by atoms with van der Waals surface area (Å²) in [6.45, 7) is 0. The normalized spacial score (nSPS) is 20.1. The lowest BCUT2D eigenvalue weighted by molar-refractivity contribution is -0.134. The Labute approximate surface area is 103 Å². The molecule has 0 spiro atoms. The number of anilines is 1. The van der Waals surface area contributed by atoms with Crippen LogP contribution < -0.4 is 11.1 Å². The standard InChI is InChI=1S/C12H12N4O2/c13-7-3-4-16-9(6-14-10(16)5-7)8-1-2-11(17)15-12(8)18/h3-6,8H,1-2,13H2,(H,15,17,18). The van der Waals surface area contributed by atoms with Crippen LogP contribution in [0.4, 0.5) is 5.69 Å². The number of imidazole rings is 1. The highest BCUT2D eigenvalue weighted by Crippen LogP contribution is 2.25. The van der Waals surface area contributed by atoms with Crippen LogP contribution in [0.3, 0.4) is 0 Å². The SMILES string of the molecule is Nc1ccn2c(C3CCC(=O)NC3=O)cnc2c1. The van der Waals surface area contributed by atoms with Crippen LogP contribution in [0.5, 0.6) is 0 Å². The second-order valence-corrected chi connectivity index (χ2v) is 4.38. The number of rotatable bonds is 1. The maximum Gasteiger partial charge on any atom is 0.235 e. The van der Waals surface area contributed by atoms with Crippen molar-refractivity contribution >= 4 is 23.1 Å². The maximum absolute atomic E-state index is 11.8. The van der Waals surface area contributed by atoms with Gasteiger partial charge in [0, 0.05) is 30.6 Å². The molecule has 6 nitrogen and oxygen atoms in total. The predicted octanol–water partition coefficient (Wildman–Crippen LogP) is 0.437. The summed E-state index contributed by atoms with van der Waals surface area (Å²) in [7, 11) is 0. The molecule has 92 valence electrons. The summed E-state index contributed by atoms with van der Waals surface area (Å²) >= 11 is 0. The molecule has 0 aromatic carbocycles. The Kier molecular flexibility index (Phi) is 2.29. The van der Waals surface area contributed by atoms with Crippen molar-refractivity contribution in [3.8, 4) is 0 Å². The van der Waals surface area contributed by atoms with E-state index in [4.69, 9.17) is 5.73 Å². The van der Waals surface area contributed by atoms with Gasteiger partial charge in [0.25, 0.3) is 0 Å². The second-order valence-electron chi connectivity index (χ2n) is 4.38. The zero-order chi connectivity index (χ0) is 12.7. The molecule has 2 amide bonds. The van der Waals surface area contributed by atoms with Crippen molar-refractivity contribution in [1.82, 2.24) is 14.7 Å². The summed E-state index contributed by atoms with van der Waals surface area (Å²) in [6, 6.07) is 3.50. The van der Waals surface area contributed by atoms with Gasteiger partial charge in [0.15, 0.2) is 0 Å². The Morgan fingerprint density at radius 2 is 2.28 bits per heavy atom. The topological polar surface area (TPSA) is 89.5 Å². The number of carbonyl (C=O) groups is 2. The van der Waals surface area contributed by atoms with Crippen LogP contribution in [0, 0.1) is 0 Å². The molecule has 0 radical (unpaired) electrons. The molecule has 1 aliphatic heterocycles. The Bertz CT molecular complexity index is 647. The van der Waals surface area contributed by atoms with Gasteiger partial charge in [0.1, 0.15) is 5.65 Å². The Hall–Kier alpha value is -2.37. The van der Waals surface area contributed by atoms with Crippen LogP contribution in [-0.4, -0.2) is 21.2 Å². The van der Waals surface area contributed by atoms with Gasteiger partial charge in [-0.2, -0.15) is 0 Å². The van der Waals surface area contributed by atoms with Gasteiger partial charge in [0.05, 0.1) is 11.6 Å². The van der Waals surface area contributed by atoms with Crippen LogP contribution in [0.25, 0.3) is 5.65 Å². The maximum atomic E-state index is 11.8. The van der Waals surface area contributed by atoms with Crippen LogP contribution in [0.1, 0.15) is 24.5 Å². The van der Waals surface area contributed by atoms with Gasteiger partial charge in [-0.1, -0.05) is 0 Å². The van der Waals surface area contributed by atoms with Gasteiger partial charge in [-0.25, -0.2) is 4.98 Å². The number of nitrogens with two attached hydrogens (primary N) is 1. The van der Waals surface area contributed by atoms with E-state index in [-0.39, 0.29) is 17.7 Å². The molecule has 6 heteroatoms. The van der Waals surface area contributed by atoms with Crippen molar-refractivity contribution in [2.75, 3.05) is 5.73 Å². The molecule has 3 rings (SSSR count). The number of amides is 2. The van der Waals surface area contributed by atoms with Crippen molar-refractivity contribution in [1.29, 1.82) is 0 Å². The first-order chi connectivity index (χ1) is 8.65. The monoisotopic (exact) mass is 244 g/mol. The van der Waals surface area contributed by atoms with E-state index in [0.29, 0.717) is 24.2 Å². The fraction of sp³-hybridized carbons (Fsp3) is 0.250. The molecule has 1 saturated heterocycles. The quantitative estimate of drug-likeness (QED) is 0.712. The van der Waals surface area contributed by atoms with E-state index in [1.807, 2.05) is 4.40 Å². The highest BCUT2D eigenvalue weighted by atomic mass is 16.2. The molecule has 2 aromatic rings. The molecule has 2 aromatic heterocycles. The Morgan fingerprint density at radius 1 is 1.44 bits per heavy atom. The minimum atomic E-state index is -0.332. The molecule has 0 aliphatic carbocycles. The van der Waals surface area contributed by atoms with E-state index < -0.39 is 0 Å². The third kappa shape index (κ3) is 1.62. The largest absolute Gasteiger partial charge is 0.399 e. The summed E-state index contributed by atoms with van der Waals surface area (Å²) in [5.74, 6) is -0.805. The van der Waals surface area contributed by atoms with Crippen molar-refractivity contribution in [2.24, 2.45) is 0 Å². The number of piperidine rings is 1. The van der Waals surface area contributed by atoms with E-state index in [1.165, 1.54) is 0 Å². The molecule has 3 N–H and O–H groups in total. The molecule has 3 heterocycles. The molecule has 1 unspecified atom stereocenters. The summed E-state index contributed by atoms with van der Waals surface area (Å²) in [6.07, 6.45) is 4.33. The zero-order valence-electron chi connectivity index (χ0n) is 9.59. The summed E-state index contributed by atoms with van der Waals surface area (Å²) in [5, 5.41) is 2.35. The van der Waals surface area contributed by atoms with Crippen LogP contribution in [0.2, 0.25) is 0 Å². The first-order valence-electron chi connectivity index (χ1n) is 5.71. The molecule has 1 atom stereocenters. The Morgan fingerprint density at radius 3 is 3.06 bits per heavy atom. The number of pyridine rings is 1. The van der Waals surface area contributed by atoms with Crippen molar-refractivity contribution < 1.29 is 9.59 Å². The van der Waals surface area contributed by atoms with Crippen molar-refractivity contribution in [3.63, 3.8) is 0 Å². The molecule has 0 bridgehead atoms. The average Bonchev–Trinajstić information content (AvgIpc) is 2.72. The van der Waals surface area contributed by atoms with Crippen molar-refractivity contribution in [3.05, 3.63) is 30.2 Å². The highest BCUT2D eigenvalue weighted by Gasteiger charge is 2.30. The van der Waals surface area contributed by atoms with Gasteiger partial charge >= 0.3 is 0 Å². The first-order valence-corrected chi connectivity index (χ1v) is 5.71. The van der Waals surface area contributed by atoms with Crippen LogP contribution in [-0.2, 0) is 9.59 Å². The number of hydrogen-bond acceptors (Lipinski definition) is 4. The lowest BCUT2D eigenvalue weighted by Gasteiger charge is -2.20. The molecular formula is C12H12N4O2.